The summed E-state index contributed by atoms with van der Waals surface area (Å²) in [5.74, 6) is 0.885. The van der Waals surface area contributed by atoms with Gasteiger partial charge in [-0.3, -0.25) is 0 Å². The van der Waals surface area contributed by atoms with Gasteiger partial charge < -0.3 is 15.4 Å². The fraction of sp³-hybridized carbons (Fsp3) is 0.278. The van der Waals surface area contributed by atoms with E-state index in [0.29, 0.717) is 18.3 Å². The first-order chi connectivity index (χ1) is 10.7. The van der Waals surface area contributed by atoms with Crippen molar-refractivity contribution in [2.45, 2.75) is 26.8 Å². The molecule has 2 aromatic rings. The van der Waals surface area contributed by atoms with Crippen LogP contribution in [0.4, 0.5) is 5.69 Å². The lowest BCUT2D eigenvalue weighted by atomic mass is 10.1. The number of anilines is 1. The molecule has 0 saturated carbocycles. The fourth-order valence-corrected chi connectivity index (χ4v) is 2.28. The third-order valence-corrected chi connectivity index (χ3v) is 3.53. The molecule has 0 radical (unpaired) electrons. The number of thiocarbonyl (C=S) groups is 1. The van der Waals surface area contributed by atoms with Crippen molar-refractivity contribution >= 4 is 23.0 Å². The Hall–Kier alpha value is -2.07. The zero-order chi connectivity index (χ0) is 15.8. The monoisotopic (exact) mass is 314 g/mol. The van der Waals surface area contributed by atoms with Crippen molar-refractivity contribution in [1.29, 1.82) is 0 Å². The van der Waals surface area contributed by atoms with Gasteiger partial charge in [0.1, 0.15) is 5.75 Å². The second-order valence-corrected chi connectivity index (χ2v) is 5.35. The van der Waals surface area contributed by atoms with Gasteiger partial charge in [-0.05, 0) is 61.0 Å². The third kappa shape index (κ3) is 5.04. The second kappa shape index (κ2) is 8.39. The van der Waals surface area contributed by atoms with Crippen LogP contribution in [-0.2, 0) is 13.0 Å². The highest BCUT2D eigenvalue weighted by molar-refractivity contribution is 7.80. The highest BCUT2D eigenvalue weighted by atomic mass is 32.1. The Labute approximate surface area is 137 Å². The molecule has 0 aromatic heterocycles. The highest BCUT2D eigenvalue weighted by Gasteiger charge is 2.00. The van der Waals surface area contributed by atoms with Gasteiger partial charge in [0.2, 0.25) is 0 Å². The Morgan fingerprint density at radius 2 is 1.82 bits per heavy atom. The van der Waals surface area contributed by atoms with Crippen LogP contribution < -0.4 is 15.4 Å². The predicted octanol–water partition coefficient (Wildman–Crippen LogP) is 4.13. The Bertz CT molecular complexity index is 611. The van der Waals surface area contributed by atoms with Crippen LogP contribution in [0.2, 0.25) is 0 Å². The summed E-state index contributed by atoms with van der Waals surface area (Å²) < 4.78 is 5.49. The molecule has 0 saturated heterocycles. The van der Waals surface area contributed by atoms with Gasteiger partial charge in [-0.25, -0.2) is 0 Å². The maximum absolute atomic E-state index is 5.49. The number of ether oxygens (including phenoxy) is 1. The molecule has 0 atom stereocenters. The number of nitrogens with one attached hydrogen (secondary N) is 2. The number of aryl methyl sites for hydroxylation is 1. The molecule has 0 bridgehead atoms. The van der Waals surface area contributed by atoms with Crippen LogP contribution in [0.25, 0.3) is 0 Å². The highest BCUT2D eigenvalue weighted by Crippen LogP contribution is 2.13. The summed E-state index contributed by atoms with van der Waals surface area (Å²) in [6.45, 7) is 5.46. The summed E-state index contributed by atoms with van der Waals surface area (Å²) in [5.41, 5.74) is 3.45. The Morgan fingerprint density at radius 1 is 1.05 bits per heavy atom. The maximum atomic E-state index is 5.49. The van der Waals surface area contributed by atoms with Crippen molar-refractivity contribution in [2.75, 3.05) is 11.9 Å². The van der Waals surface area contributed by atoms with Gasteiger partial charge in [0.15, 0.2) is 5.11 Å². The molecule has 4 heteroatoms. The predicted molar refractivity (Wildman–Crippen MR) is 96.5 cm³/mol. The summed E-state index contributed by atoms with van der Waals surface area (Å²) in [6.07, 6.45) is 1.04. The van der Waals surface area contributed by atoms with E-state index in [-0.39, 0.29) is 0 Å². The molecule has 2 N–H and O–H groups in total. The molecule has 0 aliphatic heterocycles. The van der Waals surface area contributed by atoms with Gasteiger partial charge in [-0.15, -0.1) is 0 Å². The summed E-state index contributed by atoms with van der Waals surface area (Å²) >= 11 is 5.33. The van der Waals surface area contributed by atoms with E-state index in [1.54, 1.807) is 0 Å². The van der Waals surface area contributed by atoms with Crippen LogP contribution in [0.3, 0.4) is 0 Å². The Kier molecular flexibility index (Phi) is 6.22. The van der Waals surface area contributed by atoms with Crippen molar-refractivity contribution in [3.05, 3.63) is 59.7 Å². The van der Waals surface area contributed by atoms with Gasteiger partial charge in [0.25, 0.3) is 0 Å². The van der Waals surface area contributed by atoms with E-state index in [4.69, 9.17) is 17.0 Å². The second-order valence-electron chi connectivity index (χ2n) is 4.94. The molecular weight excluding hydrogens is 292 g/mol. The van der Waals surface area contributed by atoms with Crippen molar-refractivity contribution in [2.24, 2.45) is 0 Å². The van der Waals surface area contributed by atoms with Gasteiger partial charge in [-0.1, -0.05) is 31.2 Å². The van der Waals surface area contributed by atoms with Crippen molar-refractivity contribution in [1.82, 2.24) is 5.32 Å². The molecule has 0 heterocycles. The first-order valence-electron chi connectivity index (χ1n) is 7.56. The molecule has 0 fully saturated rings. The average molecular weight is 314 g/mol. The van der Waals surface area contributed by atoms with Crippen molar-refractivity contribution < 1.29 is 4.74 Å². The van der Waals surface area contributed by atoms with Crippen LogP contribution in [0.15, 0.2) is 48.5 Å². The minimum atomic E-state index is 0.617. The van der Waals surface area contributed by atoms with Gasteiger partial charge in [0, 0.05) is 12.2 Å². The third-order valence-electron chi connectivity index (χ3n) is 3.28. The minimum absolute atomic E-state index is 0.617. The van der Waals surface area contributed by atoms with Crippen LogP contribution in [0.5, 0.6) is 5.75 Å². The molecule has 0 unspecified atom stereocenters. The van der Waals surface area contributed by atoms with Crippen LogP contribution >= 0.6 is 12.2 Å². The zero-order valence-electron chi connectivity index (χ0n) is 13.1. The van der Waals surface area contributed by atoms with Gasteiger partial charge in [-0.2, -0.15) is 0 Å². The number of benzene rings is 2. The average Bonchev–Trinajstić information content (AvgIpc) is 2.54. The van der Waals surface area contributed by atoms with Gasteiger partial charge in [0.05, 0.1) is 6.61 Å². The fourth-order valence-electron chi connectivity index (χ4n) is 2.09. The lowest BCUT2D eigenvalue weighted by molar-refractivity contribution is 0.340. The molecule has 0 aliphatic rings. The first-order valence-corrected chi connectivity index (χ1v) is 7.97. The number of rotatable bonds is 6. The largest absolute Gasteiger partial charge is 0.494 e. The molecule has 3 nitrogen and oxygen atoms in total. The van der Waals surface area contributed by atoms with E-state index in [9.17, 15) is 0 Å². The lowest BCUT2D eigenvalue weighted by Crippen LogP contribution is -2.27. The minimum Gasteiger partial charge on any atom is -0.494 e. The van der Waals surface area contributed by atoms with Crippen LogP contribution in [0.1, 0.15) is 25.0 Å². The smallest absolute Gasteiger partial charge is 0.171 e. The van der Waals surface area contributed by atoms with Crippen LogP contribution in [-0.4, -0.2) is 11.7 Å². The van der Waals surface area contributed by atoms with E-state index in [1.807, 2.05) is 43.3 Å². The van der Waals surface area contributed by atoms with Gasteiger partial charge >= 0.3 is 0 Å². The topological polar surface area (TPSA) is 33.3 Å². The van der Waals surface area contributed by atoms with E-state index in [1.165, 1.54) is 5.56 Å². The van der Waals surface area contributed by atoms with E-state index >= 15 is 0 Å². The summed E-state index contributed by atoms with van der Waals surface area (Å²) in [6, 6.07) is 16.3. The molecule has 0 amide bonds. The summed E-state index contributed by atoms with van der Waals surface area (Å²) in [4.78, 5) is 0. The SMILES string of the molecule is CCOc1cccc(CNC(=S)Nc2ccc(CC)cc2)c1. The van der Waals surface area contributed by atoms with E-state index in [0.717, 1.165) is 23.4 Å². The van der Waals surface area contributed by atoms with Crippen molar-refractivity contribution in [3.63, 3.8) is 0 Å². The summed E-state index contributed by atoms with van der Waals surface area (Å²) in [7, 11) is 0. The molecule has 0 spiro atoms. The number of hydrogen-bond donors (Lipinski definition) is 2. The quantitative estimate of drug-likeness (QED) is 0.785. The molecule has 2 aromatic carbocycles. The zero-order valence-corrected chi connectivity index (χ0v) is 13.9. The molecule has 0 aliphatic carbocycles. The number of hydrogen-bond acceptors (Lipinski definition) is 2. The Balaban J connectivity index is 1.85. The molecular formula is C18H22N2OS. The maximum Gasteiger partial charge on any atom is 0.171 e. The summed E-state index contributed by atoms with van der Waals surface area (Å²) in [5, 5.41) is 7.02. The van der Waals surface area contributed by atoms with E-state index in [2.05, 4.69) is 29.7 Å². The normalized spacial score (nSPS) is 10.1. The van der Waals surface area contributed by atoms with Crippen molar-refractivity contribution in [3.8, 4) is 5.75 Å². The molecule has 2 rings (SSSR count). The lowest BCUT2D eigenvalue weighted by Gasteiger charge is -2.12. The Morgan fingerprint density at radius 3 is 2.50 bits per heavy atom. The molecule has 116 valence electrons. The standard InChI is InChI=1S/C18H22N2OS/c1-3-14-8-10-16(11-9-14)20-18(22)19-13-15-6-5-7-17(12-15)21-4-2/h5-12H,3-4,13H2,1-2H3,(H2,19,20,22). The first kappa shape index (κ1) is 16.3. The molecule has 22 heavy (non-hydrogen) atoms. The van der Waals surface area contributed by atoms with Crippen LogP contribution in [0, 0.1) is 0 Å². The van der Waals surface area contributed by atoms with E-state index < -0.39 is 0 Å².